The normalized spacial score (nSPS) is 12.0. The van der Waals surface area contributed by atoms with Crippen LogP contribution in [-0.2, 0) is 26.2 Å². The maximum Gasteiger partial charge on any atom is 0.264 e. The summed E-state index contributed by atoms with van der Waals surface area (Å²) in [5.74, 6) is -0.912. The van der Waals surface area contributed by atoms with Crippen molar-refractivity contribution in [3.63, 3.8) is 0 Å². The van der Waals surface area contributed by atoms with E-state index in [0.29, 0.717) is 6.42 Å². The Morgan fingerprint density at radius 1 is 0.944 bits per heavy atom. The zero-order valence-electron chi connectivity index (χ0n) is 19.9. The molecule has 36 heavy (non-hydrogen) atoms. The Morgan fingerprint density at radius 2 is 1.56 bits per heavy atom. The topological polar surface area (TPSA) is 86.8 Å². The summed E-state index contributed by atoms with van der Waals surface area (Å²) in [6.07, 6.45) is 0.335. The van der Waals surface area contributed by atoms with Crippen LogP contribution < -0.4 is 9.62 Å². The molecule has 3 aromatic rings. The molecule has 0 heterocycles. The summed E-state index contributed by atoms with van der Waals surface area (Å²) in [5, 5.41) is 2.96. The smallest absolute Gasteiger partial charge is 0.264 e. The number of hydrogen-bond acceptors (Lipinski definition) is 4. The van der Waals surface area contributed by atoms with Gasteiger partial charge in [0.1, 0.15) is 12.6 Å². The van der Waals surface area contributed by atoms with E-state index in [1.165, 1.54) is 42.3 Å². The highest BCUT2D eigenvalue weighted by Crippen LogP contribution is 2.33. The summed E-state index contributed by atoms with van der Waals surface area (Å²) in [5.41, 5.74) is 0.862. The first kappa shape index (κ1) is 27.5. The van der Waals surface area contributed by atoms with Gasteiger partial charge in [0.15, 0.2) is 0 Å². The molecular weight excluding hydrogens is 521 g/mol. The molecule has 0 spiro atoms. The first-order chi connectivity index (χ1) is 17.2. The van der Waals surface area contributed by atoms with Gasteiger partial charge in [-0.3, -0.25) is 13.9 Å². The van der Waals surface area contributed by atoms with E-state index in [0.717, 1.165) is 9.87 Å². The quantitative estimate of drug-likeness (QED) is 0.397. The minimum Gasteiger partial charge on any atom is -0.357 e. The number of likely N-dealkylation sites (N-methyl/N-ethyl adjacent to an activating group) is 1. The van der Waals surface area contributed by atoms with Crippen LogP contribution >= 0.6 is 23.2 Å². The Kier molecular flexibility index (Phi) is 9.37. The fourth-order valence-electron chi connectivity index (χ4n) is 3.78. The van der Waals surface area contributed by atoms with Crippen LogP contribution in [0.1, 0.15) is 18.9 Å². The number of carbonyl (C=O) groups is 2. The van der Waals surface area contributed by atoms with Crippen LogP contribution in [0, 0.1) is 0 Å². The van der Waals surface area contributed by atoms with Crippen molar-refractivity contribution < 1.29 is 18.0 Å². The molecule has 1 atom stereocenters. The van der Waals surface area contributed by atoms with Crippen LogP contribution in [0.3, 0.4) is 0 Å². The lowest BCUT2D eigenvalue weighted by Gasteiger charge is -2.33. The summed E-state index contributed by atoms with van der Waals surface area (Å²) in [6.45, 7) is 1.32. The van der Waals surface area contributed by atoms with Crippen molar-refractivity contribution in [3.8, 4) is 0 Å². The Hall–Kier alpha value is -3.07. The zero-order valence-corrected chi connectivity index (χ0v) is 22.2. The molecule has 0 saturated heterocycles. The van der Waals surface area contributed by atoms with Gasteiger partial charge in [-0.1, -0.05) is 78.7 Å². The van der Waals surface area contributed by atoms with Gasteiger partial charge in [-0.15, -0.1) is 0 Å². The average Bonchev–Trinajstić information content (AvgIpc) is 2.89. The summed E-state index contributed by atoms with van der Waals surface area (Å²) in [7, 11) is -2.72. The molecule has 0 radical (unpaired) electrons. The summed E-state index contributed by atoms with van der Waals surface area (Å²) in [4.78, 5) is 27.8. The van der Waals surface area contributed by atoms with E-state index >= 15 is 0 Å². The number of nitrogens with zero attached hydrogens (tertiary/aromatic N) is 2. The van der Waals surface area contributed by atoms with Crippen molar-refractivity contribution in [2.75, 3.05) is 17.9 Å². The highest BCUT2D eigenvalue weighted by atomic mass is 35.5. The van der Waals surface area contributed by atoms with Gasteiger partial charge in [-0.25, -0.2) is 8.42 Å². The lowest BCUT2D eigenvalue weighted by molar-refractivity contribution is -0.140. The SMILES string of the molecule is CC[C@H](C(=O)NC)N(Cc1ccccc1)C(=O)CN(c1cc(Cl)ccc1Cl)S(=O)(=O)c1ccccc1. The van der Waals surface area contributed by atoms with Gasteiger partial charge < -0.3 is 10.2 Å². The molecule has 10 heteroatoms. The lowest BCUT2D eigenvalue weighted by Crippen LogP contribution is -2.51. The zero-order chi connectivity index (χ0) is 26.3. The van der Waals surface area contributed by atoms with Gasteiger partial charge in [-0.2, -0.15) is 0 Å². The fraction of sp³-hybridized carbons (Fsp3) is 0.231. The van der Waals surface area contributed by atoms with Gasteiger partial charge in [0.25, 0.3) is 10.0 Å². The number of hydrogen-bond donors (Lipinski definition) is 1. The Labute approximate surface area is 221 Å². The van der Waals surface area contributed by atoms with E-state index in [1.807, 2.05) is 30.3 Å². The van der Waals surface area contributed by atoms with Crippen molar-refractivity contribution in [1.82, 2.24) is 10.2 Å². The first-order valence-corrected chi connectivity index (χ1v) is 13.5. The van der Waals surface area contributed by atoms with Crippen molar-refractivity contribution in [1.29, 1.82) is 0 Å². The Bertz CT molecular complexity index is 1310. The van der Waals surface area contributed by atoms with Crippen LogP contribution in [0.25, 0.3) is 0 Å². The molecule has 3 aromatic carbocycles. The molecule has 0 saturated carbocycles. The molecule has 0 aliphatic heterocycles. The monoisotopic (exact) mass is 547 g/mol. The predicted molar refractivity (Wildman–Crippen MR) is 143 cm³/mol. The van der Waals surface area contributed by atoms with E-state index in [-0.39, 0.29) is 33.1 Å². The second kappa shape index (κ2) is 12.3. The van der Waals surface area contributed by atoms with Crippen LogP contribution in [-0.4, -0.2) is 44.8 Å². The third-order valence-corrected chi connectivity index (χ3v) is 7.94. The number of anilines is 1. The maximum atomic E-state index is 13.8. The second-order valence-corrected chi connectivity index (χ2v) is 10.7. The van der Waals surface area contributed by atoms with Crippen LogP contribution in [0.5, 0.6) is 0 Å². The van der Waals surface area contributed by atoms with Gasteiger partial charge in [0.05, 0.1) is 15.6 Å². The van der Waals surface area contributed by atoms with Crippen molar-refractivity contribution in [2.24, 2.45) is 0 Å². The molecule has 2 amide bonds. The highest BCUT2D eigenvalue weighted by molar-refractivity contribution is 7.92. The Balaban J connectivity index is 2.08. The molecule has 0 aliphatic carbocycles. The molecule has 0 fully saturated rings. The van der Waals surface area contributed by atoms with Gasteiger partial charge in [0.2, 0.25) is 11.8 Å². The fourth-order valence-corrected chi connectivity index (χ4v) is 5.66. The van der Waals surface area contributed by atoms with E-state index in [1.54, 1.807) is 25.1 Å². The number of benzene rings is 3. The molecule has 0 aromatic heterocycles. The number of rotatable bonds is 10. The second-order valence-electron chi connectivity index (χ2n) is 7.97. The number of carbonyl (C=O) groups excluding carboxylic acids is 2. The van der Waals surface area contributed by atoms with E-state index in [2.05, 4.69) is 5.32 Å². The summed E-state index contributed by atoms with van der Waals surface area (Å²) >= 11 is 12.6. The molecule has 190 valence electrons. The van der Waals surface area contributed by atoms with Crippen LogP contribution in [0.4, 0.5) is 5.69 Å². The lowest BCUT2D eigenvalue weighted by atomic mass is 10.1. The first-order valence-electron chi connectivity index (χ1n) is 11.3. The van der Waals surface area contributed by atoms with Gasteiger partial charge >= 0.3 is 0 Å². The minimum atomic E-state index is -4.21. The number of halogens is 2. The third-order valence-electron chi connectivity index (χ3n) is 5.62. The predicted octanol–water partition coefficient (Wildman–Crippen LogP) is 4.74. The molecule has 0 aliphatic rings. The number of amides is 2. The maximum absolute atomic E-state index is 13.8. The third kappa shape index (κ3) is 6.37. The molecule has 0 unspecified atom stereocenters. The average molecular weight is 548 g/mol. The molecule has 3 rings (SSSR count). The van der Waals surface area contributed by atoms with E-state index < -0.39 is 28.5 Å². The summed E-state index contributed by atoms with van der Waals surface area (Å²) in [6, 6.07) is 20.5. The van der Waals surface area contributed by atoms with Crippen molar-refractivity contribution >= 4 is 50.7 Å². The number of sulfonamides is 1. The van der Waals surface area contributed by atoms with Gasteiger partial charge in [-0.05, 0) is 42.3 Å². The molecule has 7 nitrogen and oxygen atoms in total. The molecular formula is C26H27Cl2N3O4S. The minimum absolute atomic E-state index is 0.0122. The van der Waals surface area contributed by atoms with E-state index in [9.17, 15) is 18.0 Å². The van der Waals surface area contributed by atoms with E-state index in [4.69, 9.17) is 23.2 Å². The van der Waals surface area contributed by atoms with Crippen molar-refractivity contribution in [2.45, 2.75) is 30.8 Å². The largest absolute Gasteiger partial charge is 0.357 e. The van der Waals surface area contributed by atoms with Crippen molar-refractivity contribution in [3.05, 3.63) is 94.5 Å². The number of nitrogens with one attached hydrogen (secondary N) is 1. The Morgan fingerprint density at radius 3 is 2.14 bits per heavy atom. The summed E-state index contributed by atoms with van der Waals surface area (Å²) < 4.78 is 28.4. The molecule has 0 bridgehead atoms. The van der Waals surface area contributed by atoms with Gasteiger partial charge in [0, 0.05) is 18.6 Å². The standard InChI is InChI=1S/C26H27Cl2N3O4S/c1-3-23(26(33)29-2)30(17-19-10-6-4-7-11-19)25(32)18-31(24-16-20(27)14-15-22(24)28)36(34,35)21-12-8-5-9-13-21/h4-16,23H,3,17-18H2,1-2H3,(H,29,33)/t23-/m1/s1. The molecule has 1 N–H and O–H groups in total. The highest BCUT2D eigenvalue weighted by Gasteiger charge is 2.34. The van der Waals surface area contributed by atoms with Crippen LogP contribution in [0.2, 0.25) is 10.0 Å². The van der Waals surface area contributed by atoms with Crippen LogP contribution in [0.15, 0.2) is 83.8 Å².